The van der Waals surface area contributed by atoms with Gasteiger partial charge in [-0.05, 0) is 0 Å². The van der Waals surface area contributed by atoms with Crippen molar-refractivity contribution in [1.82, 2.24) is 0 Å². The molecule has 1 aliphatic carbocycles. The summed E-state index contributed by atoms with van der Waals surface area (Å²) in [5.74, 6) is 0. The van der Waals surface area contributed by atoms with E-state index in [4.69, 9.17) is 0 Å². The molecule has 0 aromatic carbocycles. The Labute approximate surface area is 108 Å². The molecular weight excluding hydrogens is 235 g/mol. The van der Waals surface area contributed by atoms with Crippen molar-refractivity contribution in [1.29, 1.82) is 0 Å². The van der Waals surface area contributed by atoms with E-state index in [1.807, 2.05) is 12.2 Å². The van der Waals surface area contributed by atoms with Crippen molar-refractivity contribution in [2.24, 2.45) is 0 Å². The van der Waals surface area contributed by atoms with E-state index in [9.17, 15) is 0 Å². The Kier molecular flexibility index (Phi) is 215. The predicted molar refractivity (Wildman–Crippen MR) is 64.7 cm³/mol. The molecule has 1 heteroatoms. The van der Waals surface area contributed by atoms with Crippen LogP contribution in [0.3, 0.4) is 0 Å². The van der Waals surface area contributed by atoms with Gasteiger partial charge >= 0.3 is 0 Å². The average molecular weight is 261 g/mol. The second kappa shape index (κ2) is 55.5. The van der Waals surface area contributed by atoms with E-state index < -0.39 is 0 Å². The van der Waals surface area contributed by atoms with Gasteiger partial charge in [0.25, 0.3) is 0 Å². The molecule has 1 rings (SSSR count). The van der Waals surface area contributed by atoms with Crippen LogP contribution in [0.25, 0.3) is 0 Å². The second-order valence-electron chi connectivity index (χ2n) is 1.00. The first-order chi connectivity index (χ1) is 3.50. The molecule has 0 unspecified atom stereocenters. The molecular formula is C12H25Zr-7. The minimum Gasteiger partial charge on any atom is -0.358 e. The van der Waals surface area contributed by atoms with Crippen LogP contribution in [-0.2, 0) is 26.2 Å². The normalized spacial score (nSPS) is 7.23. The van der Waals surface area contributed by atoms with E-state index in [1.54, 1.807) is 6.92 Å². The van der Waals surface area contributed by atoms with Crippen LogP contribution in [-0.4, -0.2) is 0 Å². The Morgan fingerprint density at radius 2 is 1.38 bits per heavy atom. The number of hydrogen-bond donors (Lipinski definition) is 0. The van der Waals surface area contributed by atoms with Crippen LogP contribution in [0.5, 0.6) is 0 Å². The van der Waals surface area contributed by atoms with Crippen molar-refractivity contribution in [3.63, 3.8) is 0 Å². The molecule has 0 spiro atoms. The first kappa shape index (κ1) is 50.4. The smallest absolute Gasteiger partial charge is 0 e. The van der Waals surface area contributed by atoms with Crippen molar-refractivity contribution >= 4 is 0 Å². The molecule has 0 radical (unpaired) electrons. The predicted octanol–water partition coefficient (Wildman–Crippen LogP) is 4.40. The van der Waals surface area contributed by atoms with Gasteiger partial charge in [0.15, 0.2) is 0 Å². The average Bonchev–Trinajstić information content (AvgIpc) is 2.23. The summed E-state index contributed by atoms with van der Waals surface area (Å²) in [4.78, 5) is 0. The summed E-state index contributed by atoms with van der Waals surface area (Å²) < 4.78 is 0. The molecule has 1 aliphatic rings. The Hall–Kier alpha value is 0.363. The van der Waals surface area contributed by atoms with Gasteiger partial charge in [-0.15, -0.1) is 6.42 Å². The maximum Gasteiger partial charge on any atom is 0 e. The molecule has 0 heterocycles. The van der Waals surface area contributed by atoms with Crippen molar-refractivity contribution in [3.05, 3.63) is 68.4 Å². The minimum absolute atomic E-state index is 0. The summed E-state index contributed by atoms with van der Waals surface area (Å²) in [7, 11) is 0. The maximum atomic E-state index is 3.25. The first-order valence-electron chi connectivity index (χ1n) is 2.42. The van der Waals surface area contributed by atoms with Gasteiger partial charge in [0.2, 0.25) is 0 Å². The van der Waals surface area contributed by atoms with Crippen LogP contribution in [0.1, 0.15) is 13.3 Å². The van der Waals surface area contributed by atoms with Gasteiger partial charge in [-0.3, -0.25) is 6.08 Å². The Morgan fingerprint density at radius 3 is 1.46 bits per heavy atom. The van der Waals surface area contributed by atoms with E-state index in [0.29, 0.717) is 0 Å². The van der Waals surface area contributed by atoms with Gasteiger partial charge < -0.3 is 44.1 Å². The van der Waals surface area contributed by atoms with Crippen LogP contribution in [0.4, 0.5) is 0 Å². The quantitative estimate of drug-likeness (QED) is 0.567. The summed E-state index contributed by atoms with van der Waals surface area (Å²) in [5, 5.41) is 0. The standard InChI is InChI=1S/C5H5.C2H5.5CH3.Zr/c1-2-4-5-3-1;1-2;;;;;;/h1-3H,4H2;1H2,2H3;5*1H3;/q7*-1;. The zero-order chi connectivity index (χ0) is 5.54. The molecule has 0 aliphatic heterocycles. The SMILES string of the molecule is [C-]1=CC=CC1.[CH2-]C.[CH3-].[CH3-].[CH3-].[CH3-].[CH3-].[Zr]. The zero-order valence-corrected chi connectivity index (χ0v) is 12.6. The van der Waals surface area contributed by atoms with Crippen LogP contribution in [0.2, 0.25) is 0 Å². The van der Waals surface area contributed by atoms with E-state index in [1.165, 1.54) is 0 Å². The molecule has 0 nitrogen and oxygen atoms in total. The third kappa shape index (κ3) is 46.2. The minimum atomic E-state index is 0. The summed E-state index contributed by atoms with van der Waals surface area (Å²) in [6.07, 6.45) is 10.0. The Balaban J connectivity index is -0.00000000859. The zero-order valence-electron chi connectivity index (χ0n) is 10.1. The second-order valence-corrected chi connectivity index (χ2v) is 1.00. The van der Waals surface area contributed by atoms with Gasteiger partial charge in [0.1, 0.15) is 0 Å². The molecule has 0 fully saturated rings. The molecule has 0 atom stereocenters. The van der Waals surface area contributed by atoms with E-state index >= 15 is 0 Å². The fourth-order valence-electron chi connectivity index (χ4n) is 0.340. The Bertz CT molecular complexity index is 63.2. The monoisotopic (exact) mass is 259 g/mol. The topological polar surface area (TPSA) is 0 Å². The molecule has 0 saturated carbocycles. The third-order valence-electron chi connectivity index (χ3n) is 0.586. The number of allylic oxidation sites excluding steroid dienone is 4. The molecule has 0 bridgehead atoms. The van der Waals surface area contributed by atoms with Gasteiger partial charge in [-0.25, -0.2) is 12.2 Å². The van der Waals surface area contributed by atoms with Gasteiger partial charge in [-0.2, -0.15) is 13.0 Å². The summed E-state index contributed by atoms with van der Waals surface area (Å²) >= 11 is 0. The van der Waals surface area contributed by atoms with E-state index in [2.05, 4.69) is 19.1 Å². The molecule has 0 N–H and O–H groups in total. The molecule has 0 aromatic rings. The number of hydrogen-bond acceptors (Lipinski definition) is 0. The van der Waals surface area contributed by atoms with Gasteiger partial charge in [0, 0.05) is 26.2 Å². The Morgan fingerprint density at radius 1 is 1.00 bits per heavy atom. The molecule has 0 amide bonds. The third-order valence-corrected chi connectivity index (χ3v) is 0.586. The molecule has 0 saturated heterocycles. The van der Waals surface area contributed by atoms with Crippen LogP contribution in [0.15, 0.2) is 18.2 Å². The summed E-state index contributed by atoms with van der Waals surface area (Å²) in [5.41, 5.74) is 0. The summed E-state index contributed by atoms with van der Waals surface area (Å²) in [6, 6.07) is 0. The van der Waals surface area contributed by atoms with E-state index in [-0.39, 0.29) is 63.3 Å². The molecule has 0 aromatic heterocycles. The maximum absolute atomic E-state index is 3.25. The van der Waals surface area contributed by atoms with E-state index in [0.717, 1.165) is 6.42 Å². The fourth-order valence-corrected chi connectivity index (χ4v) is 0.340. The van der Waals surface area contributed by atoms with Crippen molar-refractivity contribution in [2.45, 2.75) is 13.3 Å². The number of rotatable bonds is 0. The van der Waals surface area contributed by atoms with Crippen LogP contribution in [0, 0.1) is 50.1 Å². The molecule has 13 heavy (non-hydrogen) atoms. The molecule has 84 valence electrons. The summed E-state index contributed by atoms with van der Waals surface area (Å²) in [6.45, 7) is 5.00. The van der Waals surface area contributed by atoms with Crippen molar-refractivity contribution in [3.8, 4) is 0 Å². The first-order valence-corrected chi connectivity index (χ1v) is 2.42. The van der Waals surface area contributed by atoms with Crippen molar-refractivity contribution in [2.75, 3.05) is 0 Å². The fraction of sp³-hybridized carbons (Fsp3) is 0.167. The largest absolute Gasteiger partial charge is 0.358 e. The van der Waals surface area contributed by atoms with Gasteiger partial charge in [0.05, 0.1) is 0 Å². The van der Waals surface area contributed by atoms with Crippen molar-refractivity contribution < 1.29 is 26.2 Å². The van der Waals surface area contributed by atoms with Gasteiger partial charge in [-0.1, -0.05) is 0 Å². The van der Waals surface area contributed by atoms with Crippen LogP contribution >= 0.6 is 0 Å². The van der Waals surface area contributed by atoms with Crippen LogP contribution < -0.4 is 0 Å².